The zero-order valence-corrected chi connectivity index (χ0v) is 15.7. The molecule has 0 unspecified atom stereocenters. The summed E-state index contributed by atoms with van der Waals surface area (Å²) in [4.78, 5) is 4.38. The minimum atomic E-state index is -3.75. The Bertz CT molecular complexity index is 1140. The number of nitrogens with two attached hydrogens (primary N) is 1. The van der Waals surface area contributed by atoms with Gasteiger partial charge in [-0.05, 0) is 47.5 Å². The van der Waals surface area contributed by atoms with Gasteiger partial charge >= 0.3 is 0 Å². The normalized spacial score (nSPS) is 12.0. The first kappa shape index (κ1) is 19.2. The van der Waals surface area contributed by atoms with Gasteiger partial charge in [-0.3, -0.25) is 4.98 Å². The summed E-state index contributed by atoms with van der Waals surface area (Å²) in [6, 6.07) is 17.7. The van der Waals surface area contributed by atoms with Crippen molar-refractivity contribution in [1.29, 1.82) is 0 Å². The van der Waals surface area contributed by atoms with Crippen LogP contribution in [0.3, 0.4) is 0 Å². The fourth-order valence-corrected chi connectivity index (χ4v) is 3.98. The highest BCUT2D eigenvalue weighted by Gasteiger charge is 2.13. The van der Waals surface area contributed by atoms with Crippen LogP contribution in [0.25, 0.3) is 11.1 Å². The second-order valence-electron chi connectivity index (χ2n) is 5.74. The van der Waals surface area contributed by atoms with E-state index in [4.69, 9.17) is 5.14 Å². The van der Waals surface area contributed by atoms with E-state index in [-0.39, 0.29) is 16.3 Å². The largest absolute Gasteiger partial charge is 0.260 e. The van der Waals surface area contributed by atoms with Crippen LogP contribution in [0.4, 0.5) is 0 Å². The molecule has 7 nitrogen and oxygen atoms in total. The zero-order chi connectivity index (χ0) is 19.5. The number of hydrogen-bond donors (Lipinski definition) is 2. The first-order chi connectivity index (χ1) is 12.8. The lowest BCUT2D eigenvalue weighted by atomic mass is 10.1. The van der Waals surface area contributed by atoms with Crippen LogP contribution in [0, 0.1) is 0 Å². The second kappa shape index (κ2) is 7.57. The molecule has 0 aliphatic rings. The molecule has 140 valence electrons. The maximum atomic E-state index is 12.3. The fraction of sp³-hybridized carbons (Fsp3) is 0.0556. The SMILES string of the molecule is NS(=O)(=O)c1ccc(-c2ccnc(CNS(=O)(=O)c3ccccc3)c2)cc1. The van der Waals surface area contributed by atoms with Crippen LogP contribution in [-0.2, 0) is 26.6 Å². The molecule has 0 radical (unpaired) electrons. The number of nitrogens with zero attached hydrogens (tertiary/aromatic N) is 1. The number of primary sulfonamides is 1. The first-order valence-electron chi connectivity index (χ1n) is 7.89. The molecule has 1 heterocycles. The Morgan fingerprint density at radius 3 is 2.11 bits per heavy atom. The lowest BCUT2D eigenvalue weighted by molar-refractivity contribution is 0.580. The molecule has 0 atom stereocenters. The summed E-state index contributed by atoms with van der Waals surface area (Å²) in [5.74, 6) is 0. The van der Waals surface area contributed by atoms with Gasteiger partial charge in [-0.25, -0.2) is 26.7 Å². The summed E-state index contributed by atoms with van der Waals surface area (Å²) >= 11 is 0. The van der Waals surface area contributed by atoms with E-state index in [1.165, 1.54) is 24.3 Å². The Morgan fingerprint density at radius 2 is 1.48 bits per heavy atom. The van der Waals surface area contributed by atoms with Crippen LogP contribution in [0.1, 0.15) is 5.69 Å². The lowest BCUT2D eigenvalue weighted by Gasteiger charge is -2.08. The van der Waals surface area contributed by atoms with Gasteiger partial charge < -0.3 is 0 Å². The topological polar surface area (TPSA) is 119 Å². The fourth-order valence-electron chi connectivity index (χ4n) is 2.44. The highest BCUT2D eigenvalue weighted by Crippen LogP contribution is 2.21. The van der Waals surface area contributed by atoms with Crippen molar-refractivity contribution in [3.05, 3.63) is 78.6 Å². The highest BCUT2D eigenvalue weighted by molar-refractivity contribution is 7.89. The number of pyridine rings is 1. The molecule has 2 aromatic carbocycles. The van der Waals surface area contributed by atoms with Crippen molar-refractivity contribution in [2.24, 2.45) is 5.14 Å². The van der Waals surface area contributed by atoms with Crippen molar-refractivity contribution in [2.45, 2.75) is 16.3 Å². The molecular weight excluding hydrogens is 386 g/mol. The summed E-state index contributed by atoms with van der Waals surface area (Å²) in [5.41, 5.74) is 2.07. The number of sulfonamides is 2. The minimum Gasteiger partial charge on any atom is -0.260 e. The van der Waals surface area contributed by atoms with Crippen molar-refractivity contribution in [2.75, 3.05) is 0 Å². The maximum absolute atomic E-state index is 12.3. The molecule has 0 amide bonds. The smallest absolute Gasteiger partial charge is 0.240 e. The number of aromatic nitrogens is 1. The molecule has 1 aromatic heterocycles. The van der Waals surface area contributed by atoms with Crippen molar-refractivity contribution in [3.63, 3.8) is 0 Å². The summed E-state index contributed by atoms with van der Waals surface area (Å²) in [6.45, 7) is 0.0281. The van der Waals surface area contributed by atoms with Gasteiger partial charge in [0.2, 0.25) is 20.0 Å². The molecule has 0 bridgehead atoms. The zero-order valence-electron chi connectivity index (χ0n) is 14.1. The van der Waals surface area contributed by atoms with Crippen molar-refractivity contribution < 1.29 is 16.8 Å². The number of rotatable bonds is 6. The minimum absolute atomic E-state index is 0.0242. The summed E-state index contributed by atoms with van der Waals surface area (Å²) < 4.78 is 49.7. The molecule has 9 heteroatoms. The molecule has 0 saturated heterocycles. The van der Waals surface area contributed by atoms with Crippen LogP contribution >= 0.6 is 0 Å². The van der Waals surface area contributed by atoms with E-state index in [2.05, 4.69) is 9.71 Å². The molecular formula is C18H17N3O4S2. The van der Waals surface area contributed by atoms with Crippen LogP contribution in [-0.4, -0.2) is 21.8 Å². The molecule has 3 N–H and O–H groups in total. The van der Waals surface area contributed by atoms with E-state index in [0.717, 1.165) is 11.1 Å². The number of benzene rings is 2. The van der Waals surface area contributed by atoms with Crippen molar-refractivity contribution >= 4 is 20.0 Å². The molecule has 3 rings (SSSR count). The molecule has 27 heavy (non-hydrogen) atoms. The molecule has 3 aromatic rings. The molecule has 0 spiro atoms. The first-order valence-corrected chi connectivity index (χ1v) is 10.9. The average molecular weight is 403 g/mol. The van der Waals surface area contributed by atoms with Crippen molar-refractivity contribution in [3.8, 4) is 11.1 Å². The average Bonchev–Trinajstić information content (AvgIpc) is 2.67. The van der Waals surface area contributed by atoms with Gasteiger partial charge in [0.15, 0.2) is 0 Å². The van der Waals surface area contributed by atoms with Crippen molar-refractivity contribution in [1.82, 2.24) is 9.71 Å². The van der Waals surface area contributed by atoms with E-state index in [0.29, 0.717) is 5.69 Å². The van der Waals surface area contributed by atoms with Crippen LogP contribution in [0.15, 0.2) is 82.7 Å². The summed E-state index contributed by atoms with van der Waals surface area (Å²) in [5, 5.41) is 5.09. The van der Waals surface area contributed by atoms with Gasteiger partial charge in [-0.2, -0.15) is 0 Å². The second-order valence-corrected chi connectivity index (χ2v) is 9.07. The van der Waals surface area contributed by atoms with Crippen LogP contribution < -0.4 is 9.86 Å². The van der Waals surface area contributed by atoms with Gasteiger partial charge in [0.25, 0.3) is 0 Å². The van der Waals surface area contributed by atoms with Crippen LogP contribution in [0.2, 0.25) is 0 Å². The van der Waals surface area contributed by atoms with Crippen LogP contribution in [0.5, 0.6) is 0 Å². The third-order valence-corrected chi connectivity index (χ3v) is 6.18. The Balaban J connectivity index is 1.78. The molecule has 0 aliphatic carbocycles. The Labute approximate surface area is 158 Å². The third-order valence-electron chi connectivity index (χ3n) is 3.83. The van der Waals surface area contributed by atoms with E-state index in [9.17, 15) is 16.8 Å². The van der Waals surface area contributed by atoms with Gasteiger partial charge in [0.05, 0.1) is 22.0 Å². The van der Waals surface area contributed by atoms with Gasteiger partial charge in [-0.1, -0.05) is 30.3 Å². The predicted molar refractivity (Wildman–Crippen MR) is 102 cm³/mol. The van der Waals surface area contributed by atoms with Gasteiger partial charge in [0.1, 0.15) is 0 Å². The maximum Gasteiger partial charge on any atom is 0.240 e. The Hall–Kier alpha value is -2.59. The third kappa shape index (κ3) is 4.77. The lowest BCUT2D eigenvalue weighted by Crippen LogP contribution is -2.23. The standard InChI is InChI=1S/C18H17N3O4S2/c19-26(22,23)17-8-6-14(7-9-17)15-10-11-20-16(12-15)13-21-27(24,25)18-4-2-1-3-5-18/h1-12,21H,13H2,(H2,19,22,23). The quantitative estimate of drug-likeness (QED) is 0.651. The highest BCUT2D eigenvalue weighted by atomic mass is 32.2. The monoisotopic (exact) mass is 403 g/mol. The predicted octanol–water partition coefficient (Wildman–Crippen LogP) is 1.87. The Morgan fingerprint density at radius 1 is 0.815 bits per heavy atom. The van der Waals surface area contributed by atoms with Gasteiger partial charge in [-0.15, -0.1) is 0 Å². The van der Waals surface area contributed by atoms with E-state index in [1.807, 2.05) is 0 Å². The van der Waals surface area contributed by atoms with E-state index in [1.54, 1.807) is 48.7 Å². The number of nitrogens with one attached hydrogen (secondary N) is 1. The van der Waals surface area contributed by atoms with E-state index < -0.39 is 20.0 Å². The van der Waals surface area contributed by atoms with Gasteiger partial charge in [0, 0.05) is 6.20 Å². The number of hydrogen-bond acceptors (Lipinski definition) is 5. The van der Waals surface area contributed by atoms with E-state index >= 15 is 0 Å². The summed E-state index contributed by atoms with van der Waals surface area (Å²) in [7, 11) is -7.38. The molecule has 0 aliphatic heterocycles. The summed E-state index contributed by atoms with van der Waals surface area (Å²) in [6.07, 6.45) is 1.56. The Kier molecular flexibility index (Phi) is 5.38. The molecule has 0 saturated carbocycles. The molecule has 0 fully saturated rings.